The first kappa shape index (κ1) is 11.7. The second-order valence-electron chi connectivity index (χ2n) is 3.90. The molecule has 4 heteroatoms. The summed E-state index contributed by atoms with van der Waals surface area (Å²) in [6, 6.07) is 7.85. The molecule has 0 radical (unpaired) electrons. The van der Waals surface area contributed by atoms with Gasteiger partial charge in [-0.2, -0.15) is 0 Å². The van der Waals surface area contributed by atoms with Gasteiger partial charge in [0.05, 0.1) is 6.61 Å². The molecule has 1 aromatic heterocycles. The van der Waals surface area contributed by atoms with E-state index in [-0.39, 0.29) is 0 Å². The Bertz CT molecular complexity index is 462. The average Bonchev–Trinajstić information content (AvgIpc) is 2.76. The highest BCUT2D eigenvalue weighted by Crippen LogP contribution is 2.12. The third-order valence-electron chi connectivity index (χ3n) is 2.67. The summed E-state index contributed by atoms with van der Waals surface area (Å²) in [6.45, 7) is 1.19. The van der Waals surface area contributed by atoms with Crippen LogP contribution in [0.3, 0.4) is 0 Å². The Morgan fingerprint density at radius 2 is 2.06 bits per heavy atom. The number of benzene rings is 1. The Kier molecular flexibility index (Phi) is 3.77. The number of nitrogens with zero attached hydrogens (tertiary/aromatic N) is 2. The predicted octanol–water partition coefficient (Wildman–Crippen LogP) is 1.50. The fourth-order valence-corrected chi connectivity index (χ4v) is 1.62. The Morgan fingerprint density at radius 3 is 2.65 bits per heavy atom. The van der Waals surface area contributed by atoms with Crippen LogP contribution in [0.5, 0.6) is 5.75 Å². The first-order valence-corrected chi connectivity index (χ1v) is 5.67. The maximum absolute atomic E-state index is 5.64. The molecule has 0 aliphatic rings. The standard InChI is InChI=1S/C13H17N3O/c1-16-8-7-15-13(16)6-9-17-12-4-2-11(10-14)3-5-12/h2-5,7-8H,6,9-10,14H2,1H3. The first-order chi connectivity index (χ1) is 8.29. The zero-order chi connectivity index (χ0) is 12.1. The van der Waals surface area contributed by atoms with Gasteiger partial charge >= 0.3 is 0 Å². The molecule has 0 saturated carbocycles. The minimum absolute atomic E-state index is 0.563. The van der Waals surface area contributed by atoms with Gasteiger partial charge in [0.25, 0.3) is 0 Å². The van der Waals surface area contributed by atoms with Gasteiger partial charge in [0, 0.05) is 32.4 Å². The molecule has 1 aromatic carbocycles. The minimum atomic E-state index is 0.563. The molecule has 4 nitrogen and oxygen atoms in total. The van der Waals surface area contributed by atoms with E-state index in [0.29, 0.717) is 13.2 Å². The number of ether oxygens (including phenoxy) is 1. The van der Waals surface area contributed by atoms with Gasteiger partial charge in [-0.3, -0.25) is 0 Å². The van der Waals surface area contributed by atoms with E-state index in [0.717, 1.165) is 23.6 Å². The van der Waals surface area contributed by atoms with E-state index in [1.54, 1.807) is 6.20 Å². The molecule has 90 valence electrons. The lowest BCUT2D eigenvalue weighted by Crippen LogP contribution is -2.06. The second kappa shape index (κ2) is 5.50. The van der Waals surface area contributed by atoms with Crippen molar-refractivity contribution in [1.29, 1.82) is 0 Å². The summed E-state index contributed by atoms with van der Waals surface area (Å²) in [5.41, 5.74) is 6.64. The van der Waals surface area contributed by atoms with Crippen molar-refractivity contribution < 1.29 is 4.74 Å². The van der Waals surface area contributed by atoms with E-state index < -0.39 is 0 Å². The predicted molar refractivity (Wildman–Crippen MR) is 66.7 cm³/mol. The zero-order valence-electron chi connectivity index (χ0n) is 9.97. The van der Waals surface area contributed by atoms with Crippen molar-refractivity contribution in [3.05, 3.63) is 48.0 Å². The lowest BCUT2D eigenvalue weighted by atomic mass is 10.2. The fraction of sp³-hybridized carbons (Fsp3) is 0.308. The highest BCUT2D eigenvalue weighted by Gasteiger charge is 2.00. The topological polar surface area (TPSA) is 53.1 Å². The number of nitrogens with two attached hydrogens (primary N) is 1. The van der Waals surface area contributed by atoms with Crippen LogP contribution < -0.4 is 10.5 Å². The second-order valence-corrected chi connectivity index (χ2v) is 3.90. The molecule has 0 bridgehead atoms. The SMILES string of the molecule is Cn1ccnc1CCOc1ccc(CN)cc1. The molecule has 0 atom stereocenters. The van der Waals surface area contributed by atoms with Crippen LogP contribution in [-0.2, 0) is 20.0 Å². The Morgan fingerprint density at radius 1 is 1.29 bits per heavy atom. The number of hydrogen-bond acceptors (Lipinski definition) is 3. The number of imidazole rings is 1. The number of rotatable bonds is 5. The Balaban J connectivity index is 1.83. The molecular formula is C13H17N3O. The summed E-state index contributed by atoms with van der Waals surface area (Å²) in [5, 5.41) is 0. The molecule has 0 unspecified atom stereocenters. The molecule has 2 aromatic rings. The lowest BCUT2D eigenvalue weighted by molar-refractivity contribution is 0.317. The summed E-state index contributed by atoms with van der Waals surface area (Å²) in [6.07, 6.45) is 4.54. The molecule has 0 saturated heterocycles. The van der Waals surface area contributed by atoms with E-state index in [4.69, 9.17) is 10.5 Å². The Hall–Kier alpha value is -1.81. The van der Waals surface area contributed by atoms with Crippen molar-refractivity contribution in [2.45, 2.75) is 13.0 Å². The maximum Gasteiger partial charge on any atom is 0.119 e. The lowest BCUT2D eigenvalue weighted by Gasteiger charge is -2.06. The molecule has 0 fully saturated rings. The van der Waals surface area contributed by atoms with Crippen LogP contribution in [0.2, 0.25) is 0 Å². The number of aryl methyl sites for hydroxylation is 1. The molecule has 0 amide bonds. The van der Waals surface area contributed by atoms with E-state index in [2.05, 4.69) is 4.98 Å². The largest absolute Gasteiger partial charge is 0.493 e. The molecule has 0 spiro atoms. The average molecular weight is 231 g/mol. The van der Waals surface area contributed by atoms with Gasteiger partial charge in [0.1, 0.15) is 11.6 Å². The highest BCUT2D eigenvalue weighted by molar-refractivity contribution is 5.27. The molecule has 0 aliphatic carbocycles. The molecular weight excluding hydrogens is 214 g/mol. The van der Waals surface area contributed by atoms with Crippen LogP contribution >= 0.6 is 0 Å². The van der Waals surface area contributed by atoms with Crippen LogP contribution in [0.25, 0.3) is 0 Å². The van der Waals surface area contributed by atoms with Gasteiger partial charge < -0.3 is 15.0 Å². The van der Waals surface area contributed by atoms with Crippen molar-refractivity contribution in [2.24, 2.45) is 12.8 Å². The van der Waals surface area contributed by atoms with Crippen molar-refractivity contribution in [3.8, 4) is 5.75 Å². The van der Waals surface area contributed by atoms with Crippen molar-refractivity contribution in [3.63, 3.8) is 0 Å². The van der Waals surface area contributed by atoms with Gasteiger partial charge in [0.2, 0.25) is 0 Å². The number of aromatic nitrogens is 2. The van der Waals surface area contributed by atoms with Gasteiger partial charge in [-0.1, -0.05) is 12.1 Å². The van der Waals surface area contributed by atoms with Crippen molar-refractivity contribution >= 4 is 0 Å². The van der Waals surface area contributed by atoms with Crippen molar-refractivity contribution in [2.75, 3.05) is 6.61 Å². The van der Waals surface area contributed by atoms with Gasteiger partial charge in [-0.05, 0) is 17.7 Å². The van der Waals surface area contributed by atoms with E-state index >= 15 is 0 Å². The number of hydrogen-bond donors (Lipinski definition) is 1. The molecule has 1 heterocycles. The summed E-state index contributed by atoms with van der Waals surface area (Å²) < 4.78 is 7.64. The van der Waals surface area contributed by atoms with Gasteiger partial charge in [0.15, 0.2) is 0 Å². The quantitative estimate of drug-likeness (QED) is 0.848. The van der Waals surface area contributed by atoms with Crippen LogP contribution in [0.15, 0.2) is 36.7 Å². The molecule has 2 N–H and O–H groups in total. The van der Waals surface area contributed by atoms with Crippen LogP contribution in [0, 0.1) is 0 Å². The monoisotopic (exact) mass is 231 g/mol. The Labute approximate surface area is 101 Å². The van der Waals surface area contributed by atoms with Crippen LogP contribution in [-0.4, -0.2) is 16.2 Å². The summed E-state index contributed by atoms with van der Waals surface area (Å²) >= 11 is 0. The highest BCUT2D eigenvalue weighted by atomic mass is 16.5. The first-order valence-electron chi connectivity index (χ1n) is 5.67. The zero-order valence-corrected chi connectivity index (χ0v) is 9.97. The summed E-state index contributed by atoms with van der Waals surface area (Å²) in [4.78, 5) is 4.24. The third-order valence-corrected chi connectivity index (χ3v) is 2.67. The maximum atomic E-state index is 5.64. The molecule has 0 aliphatic heterocycles. The molecule has 2 rings (SSSR count). The van der Waals surface area contributed by atoms with E-state index in [1.807, 2.05) is 42.1 Å². The van der Waals surface area contributed by atoms with Crippen LogP contribution in [0.1, 0.15) is 11.4 Å². The van der Waals surface area contributed by atoms with E-state index in [1.165, 1.54) is 0 Å². The van der Waals surface area contributed by atoms with Gasteiger partial charge in [-0.25, -0.2) is 4.98 Å². The summed E-state index contributed by atoms with van der Waals surface area (Å²) in [5.74, 6) is 1.90. The normalized spacial score (nSPS) is 10.5. The third kappa shape index (κ3) is 3.07. The van der Waals surface area contributed by atoms with Crippen LogP contribution in [0.4, 0.5) is 0 Å². The fourth-order valence-electron chi connectivity index (χ4n) is 1.62. The summed E-state index contributed by atoms with van der Waals surface area (Å²) in [7, 11) is 1.98. The van der Waals surface area contributed by atoms with Gasteiger partial charge in [-0.15, -0.1) is 0 Å². The minimum Gasteiger partial charge on any atom is -0.493 e. The van der Waals surface area contributed by atoms with Crippen molar-refractivity contribution in [1.82, 2.24) is 9.55 Å². The smallest absolute Gasteiger partial charge is 0.119 e. The molecule has 17 heavy (non-hydrogen) atoms. The van der Waals surface area contributed by atoms with E-state index in [9.17, 15) is 0 Å².